The van der Waals surface area contributed by atoms with Crippen molar-refractivity contribution in [3.8, 4) is 5.75 Å². The molecule has 0 fully saturated rings. The topological polar surface area (TPSA) is 9.23 Å². The molecule has 0 N–H and O–H groups in total. The molecule has 2 atom stereocenters. The Labute approximate surface area is 131 Å². The molecule has 18 heavy (non-hydrogen) atoms. The number of ether oxygens (including phenoxy) is 1. The molecule has 94 valence electrons. The number of hydrogen-bond acceptors (Lipinski definition) is 2. The Morgan fingerprint density at radius 1 is 1.39 bits per heavy atom. The number of benzene rings is 1. The van der Waals surface area contributed by atoms with Gasteiger partial charge in [-0.2, -0.15) is 0 Å². The fourth-order valence-corrected chi connectivity index (χ4v) is 4.76. The third kappa shape index (κ3) is 2.24. The van der Waals surface area contributed by atoms with Gasteiger partial charge in [-0.25, -0.2) is 0 Å². The minimum absolute atomic E-state index is 0.231. The van der Waals surface area contributed by atoms with Gasteiger partial charge in [0.25, 0.3) is 0 Å². The first-order valence-corrected chi connectivity index (χ1v) is 8.37. The van der Waals surface area contributed by atoms with E-state index in [1.807, 2.05) is 12.1 Å². The van der Waals surface area contributed by atoms with Crippen LogP contribution in [0.3, 0.4) is 0 Å². The number of alkyl halides is 1. The van der Waals surface area contributed by atoms with Crippen molar-refractivity contribution < 1.29 is 4.74 Å². The molecule has 2 unspecified atom stereocenters. The highest BCUT2D eigenvalue weighted by molar-refractivity contribution is 9.10. The zero-order chi connectivity index (χ0) is 12.7. The van der Waals surface area contributed by atoms with Gasteiger partial charge in [0.15, 0.2) is 0 Å². The zero-order valence-electron chi connectivity index (χ0n) is 9.20. The Hall–Kier alpha value is -0.0300. The summed E-state index contributed by atoms with van der Waals surface area (Å²) in [6.07, 6.45) is 0. The average molecular weight is 409 g/mol. The van der Waals surface area contributed by atoms with Crippen LogP contribution in [0.4, 0.5) is 0 Å². The van der Waals surface area contributed by atoms with E-state index in [9.17, 15) is 0 Å². The summed E-state index contributed by atoms with van der Waals surface area (Å²) in [5, 5.41) is 0. The molecule has 3 rings (SSSR count). The van der Waals surface area contributed by atoms with Crippen LogP contribution in [0.25, 0.3) is 0 Å². The molecule has 1 aliphatic heterocycles. The SMILES string of the molecule is Clc1sc(C(Br)C2COc3ccccc32)cc1Br. The van der Waals surface area contributed by atoms with Crippen LogP contribution < -0.4 is 4.74 Å². The molecule has 1 aromatic carbocycles. The lowest BCUT2D eigenvalue weighted by molar-refractivity contribution is 0.330. The van der Waals surface area contributed by atoms with Crippen LogP contribution in [-0.2, 0) is 0 Å². The van der Waals surface area contributed by atoms with Crippen molar-refractivity contribution in [1.82, 2.24) is 0 Å². The minimum atomic E-state index is 0.231. The van der Waals surface area contributed by atoms with Crippen LogP contribution in [0.15, 0.2) is 34.8 Å². The van der Waals surface area contributed by atoms with E-state index in [4.69, 9.17) is 16.3 Å². The summed E-state index contributed by atoms with van der Waals surface area (Å²) in [7, 11) is 0. The molecule has 0 amide bonds. The Morgan fingerprint density at radius 2 is 2.17 bits per heavy atom. The second-order valence-electron chi connectivity index (χ2n) is 4.13. The van der Waals surface area contributed by atoms with E-state index in [1.54, 1.807) is 11.3 Å². The number of halogens is 3. The number of rotatable bonds is 2. The molecule has 0 radical (unpaired) electrons. The molecular formula is C13H9Br2ClOS. The molecule has 0 saturated carbocycles. The lowest BCUT2D eigenvalue weighted by Crippen LogP contribution is -2.06. The van der Waals surface area contributed by atoms with Crippen molar-refractivity contribution >= 4 is 54.8 Å². The van der Waals surface area contributed by atoms with Crippen LogP contribution >= 0.6 is 54.8 Å². The molecule has 5 heteroatoms. The van der Waals surface area contributed by atoms with E-state index in [1.165, 1.54) is 10.4 Å². The van der Waals surface area contributed by atoms with Crippen molar-refractivity contribution in [2.45, 2.75) is 10.7 Å². The van der Waals surface area contributed by atoms with Gasteiger partial charge in [0.05, 0.1) is 11.4 Å². The molecule has 2 aromatic rings. The van der Waals surface area contributed by atoms with Crippen LogP contribution in [0.5, 0.6) is 5.75 Å². The predicted molar refractivity (Wildman–Crippen MR) is 83.4 cm³/mol. The van der Waals surface area contributed by atoms with Gasteiger partial charge in [-0.05, 0) is 28.1 Å². The smallest absolute Gasteiger partial charge is 0.122 e. The maximum atomic E-state index is 6.10. The van der Waals surface area contributed by atoms with Crippen LogP contribution in [0.1, 0.15) is 21.2 Å². The van der Waals surface area contributed by atoms with Crippen LogP contribution in [0, 0.1) is 0 Å². The average Bonchev–Trinajstić information content (AvgIpc) is 2.93. The molecule has 1 aliphatic rings. The van der Waals surface area contributed by atoms with Gasteiger partial charge in [0.2, 0.25) is 0 Å². The highest BCUT2D eigenvalue weighted by Gasteiger charge is 2.31. The lowest BCUT2D eigenvalue weighted by atomic mass is 9.97. The normalized spacial score (nSPS) is 19.4. The summed E-state index contributed by atoms with van der Waals surface area (Å²) < 4.78 is 7.47. The fourth-order valence-electron chi connectivity index (χ4n) is 2.13. The number of thiophene rings is 1. The van der Waals surface area contributed by atoms with Crippen molar-refractivity contribution in [3.63, 3.8) is 0 Å². The number of fused-ring (bicyclic) bond motifs is 1. The molecule has 0 aliphatic carbocycles. The van der Waals surface area contributed by atoms with E-state index in [0.29, 0.717) is 12.5 Å². The summed E-state index contributed by atoms with van der Waals surface area (Å²) in [6, 6.07) is 10.3. The van der Waals surface area contributed by atoms with Crippen LogP contribution in [-0.4, -0.2) is 6.61 Å². The quantitative estimate of drug-likeness (QED) is 0.573. The van der Waals surface area contributed by atoms with E-state index in [2.05, 4.69) is 50.1 Å². The highest BCUT2D eigenvalue weighted by atomic mass is 79.9. The van der Waals surface area contributed by atoms with Gasteiger partial charge in [0.1, 0.15) is 10.1 Å². The van der Waals surface area contributed by atoms with Gasteiger partial charge in [-0.1, -0.05) is 45.7 Å². The van der Waals surface area contributed by atoms with E-state index in [-0.39, 0.29) is 4.83 Å². The number of para-hydroxylation sites is 1. The molecule has 0 bridgehead atoms. The molecular weight excluding hydrogens is 399 g/mol. The first-order valence-electron chi connectivity index (χ1n) is 5.47. The number of hydrogen-bond donors (Lipinski definition) is 0. The first-order chi connectivity index (χ1) is 8.66. The Kier molecular flexibility index (Phi) is 3.72. The van der Waals surface area contributed by atoms with Gasteiger partial charge in [-0.15, -0.1) is 11.3 Å². The Balaban J connectivity index is 1.92. The van der Waals surface area contributed by atoms with Crippen molar-refractivity contribution in [2.75, 3.05) is 6.61 Å². The third-order valence-electron chi connectivity index (χ3n) is 3.03. The van der Waals surface area contributed by atoms with Crippen molar-refractivity contribution in [1.29, 1.82) is 0 Å². The monoisotopic (exact) mass is 406 g/mol. The third-order valence-corrected chi connectivity index (χ3v) is 7.02. The summed E-state index contributed by atoms with van der Waals surface area (Å²) in [4.78, 5) is 1.45. The van der Waals surface area contributed by atoms with E-state index < -0.39 is 0 Å². The highest BCUT2D eigenvalue weighted by Crippen LogP contribution is 2.48. The van der Waals surface area contributed by atoms with E-state index >= 15 is 0 Å². The van der Waals surface area contributed by atoms with E-state index in [0.717, 1.165) is 14.6 Å². The summed E-state index contributed by atoms with van der Waals surface area (Å²) in [5.74, 6) is 1.33. The Bertz CT molecular complexity index is 565. The molecule has 2 heterocycles. The molecule has 1 aromatic heterocycles. The Morgan fingerprint density at radius 3 is 2.89 bits per heavy atom. The van der Waals surface area contributed by atoms with Gasteiger partial charge < -0.3 is 4.74 Å². The molecule has 0 saturated heterocycles. The lowest BCUT2D eigenvalue weighted by Gasteiger charge is -2.14. The first kappa shape index (κ1) is 13.0. The summed E-state index contributed by atoms with van der Waals surface area (Å²) in [6.45, 7) is 0.711. The second-order valence-corrected chi connectivity index (χ2v) is 7.65. The van der Waals surface area contributed by atoms with Crippen molar-refractivity contribution in [3.05, 3.63) is 49.6 Å². The maximum absolute atomic E-state index is 6.10. The fraction of sp³-hybridized carbons (Fsp3) is 0.231. The van der Waals surface area contributed by atoms with Crippen LogP contribution in [0.2, 0.25) is 4.34 Å². The second kappa shape index (κ2) is 5.16. The molecule has 1 nitrogen and oxygen atoms in total. The summed E-state index contributed by atoms with van der Waals surface area (Å²) in [5.41, 5.74) is 1.26. The predicted octanol–water partition coefficient (Wildman–Crippen LogP) is 5.78. The molecule has 0 spiro atoms. The standard InChI is InChI=1S/C13H9Br2ClOS/c14-9-5-11(18-13(9)16)12(15)8-6-17-10-4-2-1-3-7(8)10/h1-5,8,12H,6H2. The summed E-state index contributed by atoms with van der Waals surface area (Å²) >= 11 is 14.9. The van der Waals surface area contributed by atoms with Gasteiger partial charge in [-0.3, -0.25) is 0 Å². The van der Waals surface area contributed by atoms with Gasteiger partial charge in [0, 0.05) is 20.8 Å². The largest absolute Gasteiger partial charge is 0.493 e. The minimum Gasteiger partial charge on any atom is -0.493 e. The van der Waals surface area contributed by atoms with Crippen molar-refractivity contribution in [2.24, 2.45) is 0 Å². The maximum Gasteiger partial charge on any atom is 0.122 e. The van der Waals surface area contributed by atoms with Gasteiger partial charge >= 0.3 is 0 Å². The zero-order valence-corrected chi connectivity index (χ0v) is 13.9.